The number of hydrogen-bond donors (Lipinski definition) is 2. The summed E-state index contributed by atoms with van der Waals surface area (Å²) < 4.78 is 13.3. The molecular weight excluding hydrogens is 223 g/mol. The highest BCUT2D eigenvalue weighted by atomic mass is 19.1. The number of hydrogen-bond acceptors (Lipinski definition) is 2. The Bertz CT molecular complexity index is 538. The van der Waals surface area contributed by atoms with Gasteiger partial charge < -0.3 is 10.1 Å². The van der Waals surface area contributed by atoms with Crippen LogP contribution in [-0.4, -0.2) is 21.0 Å². The number of aliphatic carboxylic acids is 1. The average molecular weight is 236 g/mol. The Morgan fingerprint density at radius 3 is 2.94 bits per heavy atom. The van der Waals surface area contributed by atoms with Gasteiger partial charge in [-0.1, -0.05) is 6.92 Å². The zero-order valence-corrected chi connectivity index (χ0v) is 9.62. The smallest absolute Gasteiger partial charge is 0.306 e. The van der Waals surface area contributed by atoms with Crippen LogP contribution in [0.4, 0.5) is 4.39 Å². The third-order valence-electron chi connectivity index (χ3n) is 2.73. The molecule has 2 N–H and O–H groups in total. The first-order valence-corrected chi connectivity index (χ1v) is 5.35. The second-order valence-electron chi connectivity index (χ2n) is 4.25. The van der Waals surface area contributed by atoms with Gasteiger partial charge in [0.25, 0.3) is 0 Å². The molecule has 90 valence electrons. The number of halogens is 1. The number of aromatic nitrogens is 2. The molecule has 5 heteroatoms. The number of nitrogens with one attached hydrogen (secondary N) is 1. The van der Waals surface area contributed by atoms with Gasteiger partial charge >= 0.3 is 5.97 Å². The molecule has 1 atom stereocenters. The van der Waals surface area contributed by atoms with Gasteiger partial charge in [-0.25, -0.2) is 9.37 Å². The summed E-state index contributed by atoms with van der Waals surface area (Å²) in [5, 5.41) is 8.80. The molecule has 0 spiro atoms. The van der Waals surface area contributed by atoms with Crippen molar-refractivity contribution in [3.8, 4) is 0 Å². The molecule has 2 rings (SSSR count). The van der Waals surface area contributed by atoms with Crippen molar-refractivity contribution in [3.63, 3.8) is 0 Å². The van der Waals surface area contributed by atoms with Crippen molar-refractivity contribution in [2.75, 3.05) is 0 Å². The molecule has 0 saturated heterocycles. The molecule has 0 radical (unpaired) electrons. The molecule has 4 nitrogen and oxygen atoms in total. The summed E-state index contributed by atoms with van der Waals surface area (Å²) in [5.41, 5.74) is 1.80. The van der Waals surface area contributed by atoms with E-state index in [1.165, 1.54) is 6.07 Å². The maximum Gasteiger partial charge on any atom is 0.306 e. The lowest BCUT2D eigenvalue weighted by Gasteiger charge is -2.01. The van der Waals surface area contributed by atoms with Gasteiger partial charge in [-0.2, -0.15) is 0 Å². The van der Waals surface area contributed by atoms with Gasteiger partial charge in [-0.3, -0.25) is 4.79 Å². The van der Waals surface area contributed by atoms with E-state index in [0.29, 0.717) is 23.3 Å². The fourth-order valence-electron chi connectivity index (χ4n) is 1.67. The van der Waals surface area contributed by atoms with Crippen LogP contribution < -0.4 is 0 Å². The fraction of sp³-hybridized carbons (Fsp3) is 0.333. The lowest BCUT2D eigenvalue weighted by atomic mass is 10.1. The molecule has 0 saturated carbocycles. The average Bonchev–Trinajstić information content (AvgIpc) is 2.60. The van der Waals surface area contributed by atoms with Crippen molar-refractivity contribution >= 4 is 17.0 Å². The first-order valence-electron chi connectivity index (χ1n) is 5.35. The Morgan fingerprint density at radius 1 is 1.59 bits per heavy atom. The molecule has 0 aliphatic carbocycles. The minimum Gasteiger partial charge on any atom is -0.481 e. The number of aromatic amines is 1. The van der Waals surface area contributed by atoms with Crippen molar-refractivity contribution in [1.82, 2.24) is 9.97 Å². The van der Waals surface area contributed by atoms with E-state index >= 15 is 0 Å². The third-order valence-corrected chi connectivity index (χ3v) is 2.73. The van der Waals surface area contributed by atoms with Crippen LogP contribution in [0.1, 0.15) is 18.3 Å². The summed E-state index contributed by atoms with van der Waals surface area (Å²) in [5.74, 6) is -1.11. The van der Waals surface area contributed by atoms with Crippen molar-refractivity contribution in [2.45, 2.75) is 20.3 Å². The number of rotatable bonds is 3. The van der Waals surface area contributed by atoms with E-state index in [9.17, 15) is 9.18 Å². The normalized spacial score (nSPS) is 12.9. The zero-order chi connectivity index (χ0) is 12.6. The van der Waals surface area contributed by atoms with Gasteiger partial charge in [0.05, 0.1) is 17.0 Å². The maximum absolute atomic E-state index is 13.3. The Morgan fingerprint density at radius 2 is 2.29 bits per heavy atom. The molecule has 0 fully saturated rings. The van der Waals surface area contributed by atoms with Crippen LogP contribution in [0.15, 0.2) is 12.1 Å². The van der Waals surface area contributed by atoms with Crippen LogP contribution in [0.3, 0.4) is 0 Å². The van der Waals surface area contributed by atoms with Crippen LogP contribution in [0.25, 0.3) is 11.0 Å². The number of carboxylic acid groups (broad SMARTS) is 1. The zero-order valence-electron chi connectivity index (χ0n) is 9.62. The summed E-state index contributed by atoms with van der Waals surface area (Å²) in [4.78, 5) is 17.9. The van der Waals surface area contributed by atoms with E-state index in [0.717, 1.165) is 5.52 Å². The monoisotopic (exact) mass is 236 g/mol. The molecular formula is C12H13FN2O2. The number of H-pyrrole nitrogens is 1. The first kappa shape index (κ1) is 11.6. The van der Waals surface area contributed by atoms with Gasteiger partial charge in [0, 0.05) is 12.5 Å². The highest BCUT2D eigenvalue weighted by Crippen LogP contribution is 2.18. The molecule has 17 heavy (non-hydrogen) atoms. The number of nitrogens with zero attached hydrogens (tertiary/aromatic N) is 1. The highest BCUT2D eigenvalue weighted by molar-refractivity contribution is 5.76. The standard InChI is InChI=1S/C12H13FN2O2/c1-6-3-9-10(5-8(6)13)15-11(14-9)4-7(2)12(16)17/h3,5,7H,4H2,1-2H3,(H,14,15)(H,16,17). The Labute approximate surface area is 97.5 Å². The number of aryl methyl sites for hydroxylation is 1. The van der Waals surface area contributed by atoms with Crippen LogP contribution in [-0.2, 0) is 11.2 Å². The summed E-state index contributed by atoms with van der Waals surface area (Å²) in [6, 6.07) is 3.03. The quantitative estimate of drug-likeness (QED) is 0.859. The van der Waals surface area contributed by atoms with Crippen molar-refractivity contribution in [3.05, 3.63) is 29.3 Å². The van der Waals surface area contributed by atoms with Crippen LogP contribution in [0.2, 0.25) is 0 Å². The predicted octanol–water partition coefficient (Wildman–Crippen LogP) is 2.27. The minimum atomic E-state index is -0.868. The van der Waals surface area contributed by atoms with Crippen molar-refractivity contribution in [2.24, 2.45) is 5.92 Å². The topological polar surface area (TPSA) is 66.0 Å². The van der Waals surface area contributed by atoms with Gasteiger partial charge in [0.1, 0.15) is 11.6 Å². The lowest BCUT2D eigenvalue weighted by Crippen LogP contribution is -2.12. The Kier molecular flexibility index (Phi) is 2.83. The molecule has 1 unspecified atom stereocenters. The third kappa shape index (κ3) is 2.27. The summed E-state index contributed by atoms with van der Waals surface area (Å²) in [6.07, 6.45) is 0.310. The van der Waals surface area contributed by atoms with E-state index < -0.39 is 11.9 Å². The summed E-state index contributed by atoms with van der Waals surface area (Å²) in [6.45, 7) is 3.29. The highest BCUT2D eigenvalue weighted by Gasteiger charge is 2.14. The summed E-state index contributed by atoms with van der Waals surface area (Å²) >= 11 is 0. The van der Waals surface area contributed by atoms with E-state index in [2.05, 4.69) is 9.97 Å². The van der Waals surface area contributed by atoms with Gasteiger partial charge in [-0.15, -0.1) is 0 Å². The second kappa shape index (κ2) is 4.16. The van der Waals surface area contributed by atoms with Gasteiger partial charge in [0.15, 0.2) is 0 Å². The number of carbonyl (C=O) groups is 1. The molecule has 0 aliphatic rings. The molecule has 1 aromatic carbocycles. The van der Waals surface area contributed by atoms with E-state index in [4.69, 9.17) is 5.11 Å². The molecule has 0 amide bonds. The largest absolute Gasteiger partial charge is 0.481 e. The van der Waals surface area contributed by atoms with Crippen LogP contribution in [0.5, 0.6) is 0 Å². The SMILES string of the molecule is Cc1cc2[nH]c(CC(C)C(=O)O)nc2cc1F. The first-order chi connectivity index (χ1) is 7.97. The number of benzene rings is 1. The summed E-state index contributed by atoms with van der Waals surface area (Å²) in [7, 11) is 0. The Hall–Kier alpha value is -1.91. The molecule has 2 aromatic rings. The van der Waals surface area contributed by atoms with Crippen molar-refractivity contribution < 1.29 is 14.3 Å². The fourth-order valence-corrected chi connectivity index (χ4v) is 1.67. The van der Waals surface area contributed by atoms with E-state index in [1.54, 1.807) is 19.9 Å². The molecule has 1 aromatic heterocycles. The number of fused-ring (bicyclic) bond motifs is 1. The lowest BCUT2D eigenvalue weighted by molar-refractivity contribution is -0.141. The van der Waals surface area contributed by atoms with Crippen LogP contribution >= 0.6 is 0 Å². The number of imidazole rings is 1. The predicted molar refractivity (Wildman–Crippen MR) is 61.3 cm³/mol. The van der Waals surface area contributed by atoms with Crippen LogP contribution in [0, 0.1) is 18.7 Å². The molecule has 0 bridgehead atoms. The number of carboxylic acids is 1. The molecule has 0 aliphatic heterocycles. The van der Waals surface area contributed by atoms with Gasteiger partial charge in [-0.05, 0) is 18.6 Å². The van der Waals surface area contributed by atoms with Crippen molar-refractivity contribution in [1.29, 1.82) is 0 Å². The Balaban J connectivity index is 2.35. The molecule has 1 heterocycles. The minimum absolute atomic E-state index is 0.304. The van der Waals surface area contributed by atoms with Gasteiger partial charge in [0.2, 0.25) is 0 Å². The van der Waals surface area contributed by atoms with E-state index in [1.807, 2.05) is 0 Å². The second-order valence-corrected chi connectivity index (χ2v) is 4.25. The van der Waals surface area contributed by atoms with E-state index in [-0.39, 0.29) is 5.82 Å². The maximum atomic E-state index is 13.3.